The highest BCUT2D eigenvalue weighted by Crippen LogP contribution is 2.31. The zero-order chi connectivity index (χ0) is 17.6. The number of rotatable bonds is 5. The highest BCUT2D eigenvalue weighted by Gasteiger charge is 2.16. The lowest BCUT2D eigenvalue weighted by Crippen LogP contribution is -2.33. The van der Waals surface area contributed by atoms with Gasteiger partial charge in [-0.1, -0.05) is 12.1 Å². The maximum absolute atomic E-state index is 13.6. The van der Waals surface area contributed by atoms with Crippen LogP contribution in [0.1, 0.15) is 23.2 Å². The van der Waals surface area contributed by atoms with Crippen LogP contribution < -0.4 is 10.1 Å². The highest BCUT2D eigenvalue weighted by atomic mass is 19.1. The molecule has 4 nitrogen and oxygen atoms in total. The Labute approximate surface area is 147 Å². The molecule has 1 atom stereocenters. The Balaban J connectivity index is 1.74. The maximum Gasteiger partial charge on any atom is 0.251 e. The lowest BCUT2D eigenvalue weighted by molar-refractivity contribution is 0.0536. The van der Waals surface area contributed by atoms with Crippen molar-refractivity contribution in [2.45, 2.75) is 12.8 Å². The molecule has 1 unspecified atom stereocenters. The average molecular weight is 343 g/mol. The van der Waals surface area contributed by atoms with Crippen LogP contribution in [0.4, 0.5) is 4.39 Å². The van der Waals surface area contributed by atoms with E-state index < -0.39 is 0 Å². The number of methoxy groups -OCH3 is 1. The summed E-state index contributed by atoms with van der Waals surface area (Å²) in [5.74, 6) is 0.452. The number of amides is 1. The Hall–Kier alpha value is -2.40. The summed E-state index contributed by atoms with van der Waals surface area (Å²) in [5.41, 5.74) is 1.91. The summed E-state index contributed by atoms with van der Waals surface area (Å²) in [7, 11) is 1.54. The van der Waals surface area contributed by atoms with Crippen molar-refractivity contribution in [1.82, 2.24) is 5.32 Å². The van der Waals surface area contributed by atoms with Crippen molar-refractivity contribution in [3.63, 3.8) is 0 Å². The number of carbonyl (C=O) groups is 1. The molecule has 1 N–H and O–H groups in total. The molecule has 3 rings (SSSR count). The SMILES string of the molecule is COc1ccc(F)cc1-c1cccc(C(=O)NCC2CCCOC2)c1. The van der Waals surface area contributed by atoms with Crippen molar-refractivity contribution in [2.75, 3.05) is 26.9 Å². The van der Waals surface area contributed by atoms with E-state index in [1.165, 1.54) is 12.1 Å². The van der Waals surface area contributed by atoms with Gasteiger partial charge in [-0.2, -0.15) is 0 Å². The van der Waals surface area contributed by atoms with E-state index in [0.717, 1.165) is 25.0 Å². The minimum Gasteiger partial charge on any atom is -0.496 e. The number of benzene rings is 2. The van der Waals surface area contributed by atoms with E-state index in [9.17, 15) is 9.18 Å². The van der Waals surface area contributed by atoms with Crippen LogP contribution in [0.3, 0.4) is 0 Å². The van der Waals surface area contributed by atoms with Gasteiger partial charge in [-0.25, -0.2) is 4.39 Å². The minimum atomic E-state index is -0.344. The minimum absolute atomic E-state index is 0.136. The molecule has 0 spiro atoms. The molecule has 1 fully saturated rings. The zero-order valence-electron chi connectivity index (χ0n) is 14.3. The fraction of sp³-hybridized carbons (Fsp3) is 0.350. The fourth-order valence-electron chi connectivity index (χ4n) is 3.04. The van der Waals surface area contributed by atoms with Gasteiger partial charge in [-0.05, 0) is 54.7 Å². The van der Waals surface area contributed by atoms with Gasteiger partial charge in [0.25, 0.3) is 5.91 Å². The largest absolute Gasteiger partial charge is 0.496 e. The number of ether oxygens (including phenoxy) is 2. The van der Waals surface area contributed by atoms with Gasteiger partial charge in [0.05, 0.1) is 13.7 Å². The van der Waals surface area contributed by atoms with Crippen LogP contribution in [-0.2, 0) is 4.74 Å². The normalized spacial score (nSPS) is 17.1. The lowest BCUT2D eigenvalue weighted by atomic mass is 10.0. The van der Waals surface area contributed by atoms with Crippen LogP contribution in [0, 0.1) is 11.7 Å². The molecule has 1 heterocycles. The van der Waals surface area contributed by atoms with E-state index in [1.54, 1.807) is 31.4 Å². The summed E-state index contributed by atoms with van der Waals surface area (Å²) in [5, 5.41) is 2.96. The Morgan fingerprint density at radius 1 is 1.32 bits per heavy atom. The van der Waals surface area contributed by atoms with Crippen LogP contribution in [0.15, 0.2) is 42.5 Å². The molecule has 0 radical (unpaired) electrons. The van der Waals surface area contributed by atoms with Crippen molar-refractivity contribution < 1.29 is 18.7 Å². The van der Waals surface area contributed by atoms with Crippen molar-refractivity contribution in [3.05, 3.63) is 53.8 Å². The van der Waals surface area contributed by atoms with Gasteiger partial charge in [0.1, 0.15) is 11.6 Å². The summed E-state index contributed by atoms with van der Waals surface area (Å²) in [6, 6.07) is 11.5. The fourth-order valence-corrected chi connectivity index (χ4v) is 3.04. The predicted octanol–water partition coefficient (Wildman–Crippen LogP) is 3.66. The van der Waals surface area contributed by atoms with E-state index in [2.05, 4.69) is 5.32 Å². The van der Waals surface area contributed by atoms with Gasteiger partial charge in [0.2, 0.25) is 0 Å². The number of hydrogen-bond donors (Lipinski definition) is 1. The van der Waals surface area contributed by atoms with Gasteiger partial charge >= 0.3 is 0 Å². The summed E-state index contributed by atoms with van der Waals surface area (Å²) in [6.45, 7) is 2.11. The second-order valence-electron chi connectivity index (χ2n) is 6.22. The third-order valence-electron chi connectivity index (χ3n) is 4.40. The first kappa shape index (κ1) is 17.4. The molecule has 0 aromatic heterocycles. The number of nitrogens with one attached hydrogen (secondary N) is 1. The molecule has 2 aromatic carbocycles. The molecule has 0 bridgehead atoms. The lowest BCUT2D eigenvalue weighted by Gasteiger charge is -2.22. The summed E-state index contributed by atoms with van der Waals surface area (Å²) in [4.78, 5) is 12.4. The molecular weight excluding hydrogens is 321 g/mol. The first-order valence-corrected chi connectivity index (χ1v) is 8.47. The molecule has 1 saturated heterocycles. The first-order valence-electron chi connectivity index (χ1n) is 8.47. The predicted molar refractivity (Wildman–Crippen MR) is 94.3 cm³/mol. The van der Waals surface area contributed by atoms with Gasteiger partial charge in [-0.15, -0.1) is 0 Å². The highest BCUT2D eigenvalue weighted by molar-refractivity contribution is 5.95. The first-order chi connectivity index (χ1) is 12.2. The number of carbonyl (C=O) groups excluding carboxylic acids is 1. The van der Waals surface area contributed by atoms with E-state index >= 15 is 0 Å². The topological polar surface area (TPSA) is 47.6 Å². The van der Waals surface area contributed by atoms with Crippen LogP contribution in [0.5, 0.6) is 5.75 Å². The summed E-state index contributed by atoms with van der Waals surface area (Å²) < 4.78 is 24.3. The van der Waals surface area contributed by atoms with Gasteiger partial charge in [-0.3, -0.25) is 4.79 Å². The number of halogens is 1. The summed E-state index contributed by atoms with van der Waals surface area (Å²) >= 11 is 0. The third-order valence-corrected chi connectivity index (χ3v) is 4.40. The second-order valence-corrected chi connectivity index (χ2v) is 6.22. The van der Waals surface area contributed by atoms with Crippen LogP contribution in [0.25, 0.3) is 11.1 Å². The quantitative estimate of drug-likeness (QED) is 0.901. The standard InChI is InChI=1S/C20H22FNO3/c1-24-19-8-7-17(21)11-18(19)15-5-2-6-16(10-15)20(23)22-12-14-4-3-9-25-13-14/h2,5-8,10-11,14H,3-4,9,12-13H2,1H3,(H,22,23). The molecule has 1 amide bonds. The van der Waals surface area contributed by atoms with E-state index in [1.807, 2.05) is 6.07 Å². The molecule has 132 valence electrons. The van der Waals surface area contributed by atoms with Crippen LogP contribution >= 0.6 is 0 Å². The molecule has 0 aliphatic carbocycles. The van der Waals surface area contributed by atoms with Gasteiger partial charge in [0.15, 0.2) is 0 Å². The average Bonchev–Trinajstić information content (AvgIpc) is 2.67. The Morgan fingerprint density at radius 3 is 2.96 bits per heavy atom. The summed E-state index contributed by atoms with van der Waals surface area (Å²) in [6.07, 6.45) is 2.11. The Kier molecular flexibility index (Phi) is 5.66. The Morgan fingerprint density at radius 2 is 2.20 bits per heavy atom. The van der Waals surface area contributed by atoms with Gasteiger partial charge in [0, 0.05) is 24.3 Å². The molecular formula is C20H22FNO3. The Bertz CT molecular complexity index is 741. The molecule has 25 heavy (non-hydrogen) atoms. The van der Waals surface area contributed by atoms with Crippen molar-refractivity contribution in [1.29, 1.82) is 0 Å². The smallest absolute Gasteiger partial charge is 0.251 e. The van der Waals surface area contributed by atoms with Gasteiger partial charge < -0.3 is 14.8 Å². The molecule has 1 aliphatic heterocycles. The van der Waals surface area contributed by atoms with Crippen LogP contribution in [0.2, 0.25) is 0 Å². The molecule has 5 heteroatoms. The second kappa shape index (κ2) is 8.12. The molecule has 1 aliphatic rings. The van der Waals surface area contributed by atoms with Crippen molar-refractivity contribution in [2.24, 2.45) is 5.92 Å². The van der Waals surface area contributed by atoms with Crippen molar-refractivity contribution >= 4 is 5.91 Å². The maximum atomic E-state index is 13.6. The zero-order valence-corrected chi connectivity index (χ0v) is 14.3. The van der Waals surface area contributed by atoms with Crippen LogP contribution in [-0.4, -0.2) is 32.8 Å². The van der Waals surface area contributed by atoms with E-state index in [4.69, 9.17) is 9.47 Å². The van der Waals surface area contributed by atoms with Crippen molar-refractivity contribution in [3.8, 4) is 16.9 Å². The third kappa shape index (κ3) is 4.37. The molecule has 2 aromatic rings. The molecule has 0 saturated carbocycles. The monoisotopic (exact) mass is 343 g/mol. The van der Waals surface area contributed by atoms with E-state index in [-0.39, 0.29) is 11.7 Å². The van der Waals surface area contributed by atoms with E-state index in [0.29, 0.717) is 35.9 Å². The number of hydrogen-bond acceptors (Lipinski definition) is 3.